The van der Waals surface area contributed by atoms with Crippen LogP contribution in [0.15, 0.2) is 133 Å². The Kier molecular flexibility index (Phi) is 6.87. The molecular weight excluding hydrogens is 615 g/mol. The lowest BCUT2D eigenvalue weighted by atomic mass is 10.0. The molecule has 50 heavy (non-hydrogen) atoms. The molecule has 2 aromatic heterocycles. The molecule has 0 aliphatic heterocycles. The number of para-hydroxylation sites is 2. The van der Waals surface area contributed by atoms with Crippen LogP contribution in [0.1, 0.15) is 32.6 Å². The standard InChI is InChI=1S/C45H35N3O2/c1-27-21-28(2)44(29(3)22-27)46-45(50)35-15-10-18-41(38(35)26-49)48-40-17-9-7-14-34(40)37-24-42-36(25-43(37)48)33-13-6-8-16-39(33)47(42)32-20-19-30-11-4-5-12-31(30)23-32/h4-25,49H,26H2,1-3H3,(H,46,50). The first-order chi connectivity index (χ1) is 24.4. The van der Waals surface area contributed by atoms with Crippen LogP contribution in [-0.2, 0) is 6.61 Å². The molecule has 7 aromatic carbocycles. The Morgan fingerprint density at radius 3 is 1.86 bits per heavy atom. The van der Waals surface area contributed by atoms with E-state index in [0.717, 1.165) is 77.4 Å². The van der Waals surface area contributed by atoms with Crippen molar-refractivity contribution in [1.29, 1.82) is 0 Å². The molecule has 9 aromatic rings. The summed E-state index contributed by atoms with van der Waals surface area (Å²) in [7, 11) is 0. The van der Waals surface area contributed by atoms with Crippen molar-refractivity contribution in [2.45, 2.75) is 27.4 Å². The summed E-state index contributed by atoms with van der Waals surface area (Å²) in [5.74, 6) is -0.243. The van der Waals surface area contributed by atoms with Gasteiger partial charge in [-0.2, -0.15) is 0 Å². The van der Waals surface area contributed by atoms with Crippen molar-refractivity contribution in [2.75, 3.05) is 5.32 Å². The third kappa shape index (κ3) is 4.55. The second kappa shape index (κ2) is 11.5. The number of aryl methyl sites for hydroxylation is 3. The molecule has 0 atom stereocenters. The fraction of sp³-hybridized carbons (Fsp3) is 0.0889. The maximum Gasteiger partial charge on any atom is 0.256 e. The predicted octanol–water partition coefficient (Wildman–Crippen LogP) is 10.7. The van der Waals surface area contributed by atoms with Gasteiger partial charge >= 0.3 is 0 Å². The lowest BCUT2D eigenvalue weighted by Crippen LogP contribution is -2.17. The summed E-state index contributed by atoms with van der Waals surface area (Å²) in [6.07, 6.45) is 0. The fourth-order valence-corrected chi connectivity index (χ4v) is 8.01. The van der Waals surface area contributed by atoms with E-state index in [-0.39, 0.29) is 12.5 Å². The first-order valence-corrected chi connectivity index (χ1v) is 17.0. The van der Waals surface area contributed by atoms with Crippen LogP contribution in [0, 0.1) is 20.8 Å². The minimum Gasteiger partial charge on any atom is -0.392 e. The van der Waals surface area contributed by atoms with E-state index < -0.39 is 0 Å². The van der Waals surface area contributed by atoms with E-state index in [1.54, 1.807) is 6.07 Å². The maximum atomic E-state index is 13.9. The second-order valence-electron chi connectivity index (χ2n) is 13.3. The van der Waals surface area contributed by atoms with Crippen molar-refractivity contribution in [2.24, 2.45) is 0 Å². The molecule has 0 saturated heterocycles. The van der Waals surface area contributed by atoms with E-state index in [9.17, 15) is 9.90 Å². The van der Waals surface area contributed by atoms with Crippen molar-refractivity contribution < 1.29 is 9.90 Å². The molecule has 242 valence electrons. The van der Waals surface area contributed by atoms with E-state index in [4.69, 9.17) is 0 Å². The molecule has 0 spiro atoms. The average molecular weight is 650 g/mol. The number of aromatic nitrogens is 2. The van der Waals surface area contributed by atoms with E-state index in [1.807, 2.05) is 32.0 Å². The Hall–Kier alpha value is -6.17. The lowest BCUT2D eigenvalue weighted by molar-refractivity contribution is 0.102. The van der Waals surface area contributed by atoms with Gasteiger partial charge in [0.1, 0.15) is 0 Å². The Bertz CT molecular complexity index is 2810. The van der Waals surface area contributed by atoms with Crippen LogP contribution in [0.4, 0.5) is 5.69 Å². The predicted molar refractivity (Wildman–Crippen MR) is 207 cm³/mol. The molecule has 2 heterocycles. The highest BCUT2D eigenvalue weighted by Gasteiger charge is 2.22. The summed E-state index contributed by atoms with van der Waals surface area (Å²) < 4.78 is 4.57. The number of amides is 1. The molecule has 5 heteroatoms. The van der Waals surface area contributed by atoms with Crippen LogP contribution in [0.5, 0.6) is 0 Å². The van der Waals surface area contributed by atoms with Gasteiger partial charge in [-0.25, -0.2) is 0 Å². The quantitative estimate of drug-likeness (QED) is 0.195. The fourth-order valence-electron chi connectivity index (χ4n) is 8.01. The summed E-state index contributed by atoms with van der Waals surface area (Å²) in [4.78, 5) is 13.9. The summed E-state index contributed by atoms with van der Waals surface area (Å²) in [6.45, 7) is 5.78. The minimum atomic E-state index is -0.289. The third-order valence-corrected chi connectivity index (χ3v) is 10.2. The van der Waals surface area contributed by atoms with E-state index >= 15 is 0 Å². The molecule has 0 unspecified atom stereocenters. The van der Waals surface area contributed by atoms with Gasteiger partial charge in [0.2, 0.25) is 0 Å². The van der Waals surface area contributed by atoms with Crippen LogP contribution < -0.4 is 5.32 Å². The van der Waals surface area contributed by atoms with E-state index in [2.05, 4.69) is 131 Å². The summed E-state index contributed by atoms with van der Waals surface area (Å²) in [6, 6.07) is 46.5. The molecule has 0 aliphatic carbocycles. The van der Waals surface area contributed by atoms with Gasteiger partial charge in [0.15, 0.2) is 0 Å². The monoisotopic (exact) mass is 649 g/mol. The topological polar surface area (TPSA) is 59.2 Å². The number of benzene rings is 7. The molecule has 0 radical (unpaired) electrons. The second-order valence-corrected chi connectivity index (χ2v) is 13.3. The van der Waals surface area contributed by atoms with Gasteiger partial charge in [-0.05, 0) is 91.2 Å². The highest BCUT2D eigenvalue weighted by atomic mass is 16.3. The molecule has 0 bridgehead atoms. The molecule has 9 rings (SSSR count). The molecule has 1 amide bonds. The highest BCUT2D eigenvalue weighted by Crippen LogP contribution is 2.40. The molecular formula is C45H35N3O2. The Balaban J connectivity index is 1.29. The zero-order valence-electron chi connectivity index (χ0n) is 28.2. The van der Waals surface area contributed by atoms with Crippen LogP contribution in [0.25, 0.3) is 65.8 Å². The summed E-state index contributed by atoms with van der Waals surface area (Å²) in [5, 5.41) is 21.0. The number of aliphatic hydroxyl groups excluding tert-OH is 1. The SMILES string of the molecule is Cc1cc(C)c(NC(=O)c2cccc(-n3c4ccccc4c4cc5c(cc43)c3ccccc3n5-c3ccc4ccccc4c3)c2CO)c(C)c1. The van der Waals surface area contributed by atoms with Crippen molar-refractivity contribution in [3.05, 3.63) is 161 Å². The van der Waals surface area contributed by atoms with E-state index in [1.165, 1.54) is 10.8 Å². The molecule has 0 saturated carbocycles. The van der Waals surface area contributed by atoms with Gasteiger partial charge in [0.25, 0.3) is 5.91 Å². The zero-order chi connectivity index (χ0) is 34.1. The van der Waals surface area contributed by atoms with Gasteiger partial charge < -0.3 is 19.6 Å². The molecule has 2 N–H and O–H groups in total. The van der Waals surface area contributed by atoms with Crippen LogP contribution in [0.3, 0.4) is 0 Å². The van der Waals surface area contributed by atoms with Crippen LogP contribution >= 0.6 is 0 Å². The van der Waals surface area contributed by atoms with Gasteiger partial charge in [0, 0.05) is 44.0 Å². The highest BCUT2D eigenvalue weighted by molar-refractivity contribution is 6.19. The number of anilines is 1. The summed E-state index contributed by atoms with van der Waals surface area (Å²) in [5.41, 5.74) is 11.2. The summed E-state index contributed by atoms with van der Waals surface area (Å²) >= 11 is 0. The number of fused-ring (bicyclic) bond motifs is 7. The van der Waals surface area contributed by atoms with Crippen LogP contribution in [0.2, 0.25) is 0 Å². The number of aliphatic hydroxyl groups is 1. The van der Waals surface area contributed by atoms with Gasteiger partial charge in [-0.1, -0.05) is 90.5 Å². The molecule has 0 aliphatic rings. The van der Waals surface area contributed by atoms with Gasteiger partial charge in [-0.15, -0.1) is 0 Å². The van der Waals surface area contributed by atoms with Gasteiger partial charge in [-0.3, -0.25) is 4.79 Å². The number of carbonyl (C=O) groups is 1. The Morgan fingerprint density at radius 1 is 0.580 bits per heavy atom. The normalized spacial score (nSPS) is 11.8. The first kappa shape index (κ1) is 29.9. The van der Waals surface area contributed by atoms with Crippen molar-refractivity contribution in [3.8, 4) is 11.4 Å². The van der Waals surface area contributed by atoms with Crippen molar-refractivity contribution >= 4 is 66.0 Å². The average Bonchev–Trinajstić information content (AvgIpc) is 3.63. The lowest BCUT2D eigenvalue weighted by Gasteiger charge is -2.18. The first-order valence-electron chi connectivity index (χ1n) is 17.0. The van der Waals surface area contributed by atoms with Gasteiger partial charge in [0.05, 0.1) is 34.4 Å². The molecule has 5 nitrogen and oxygen atoms in total. The molecule has 0 fully saturated rings. The van der Waals surface area contributed by atoms with Crippen molar-refractivity contribution in [1.82, 2.24) is 9.13 Å². The zero-order valence-corrected chi connectivity index (χ0v) is 28.2. The number of carbonyl (C=O) groups excluding carboxylic acids is 1. The maximum absolute atomic E-state index is 13.9. The number of rotatable bonds is 5. The Morgan fingerprint density at radius 2 is 1.18 bits per heavy atom. The number of nitrogens with zero attached hydrogens (tertiary/aromatic N) is 2. The number of hydrogen-bond donors (Lipinski definition) is 2. The smallest absolute Gasteiger partial charge is 0.256 e. The number of nitrogens with one attached hydrogen (secondary N) is 1. The van der Waals surface area contributed by atoms with E-state index in [0.29, 0.717) is 11.1 Å². The minimum absolute atomic E-state index is 0.243. The van der Waals surface area contributed by atoms with Crippen molar-refractivity contribution in [3.63, 3.8) is 0 Å². The van der Waals surface area contributed by atoms with Crippen LogP contribution in [-0.4, -0.2) is 20.1 Å². The number of hydrogen-bond acceptors (Lipinski definition) is 2. The largest absolute Gasteiger partial charge is 0.392 e. The third-order valence-electron chi connectivity index (χ3n) is 10.2. The Labute approximate surface area is 289 Å².